The summed E-state index contributed by atoms with van der Waals surface area (Å²) in [5.74, 6) is 2.18. The molecular weight excluding hydrogens is 236 g/mol. The average Bonchev–Trinajstić information content (AvgIpc) is 2.73. The van der Waals surface area contributed by atoms with Gasteiger partial charge in [-0.05, 0) is 25.7 Å². The Morgan fingerprint density at radius 3 is 2.47 bits per heavy atom. The summed E-state index contributed by atoms with van der Waals surface area (Å²) in [6.07, 6.45) is 9.08. The number of nitrogens with zero attached hydrogens (tertiary/aromatic N) is 3. The second-order valence-electron chi connectivity index (χ2n) is 5.21. The van der Waals surface area contributed by atoms with Gasteiger partial charge in [-0.25, -0.2) is 9.97 Å². The zero-order chi connectivity index (χ0) is 13.5. The second kappa shape index (κ2) is 7.31. The first kappa shape index (κ1) is 14.1. The lowest BCUT2D eigenvalue weighted by molar-refractivity contribution is 0.726. The van der Waals surface area contributed by atoms with Crippen molar-refractivity contribution in [2.24, 2.45) is 0 Å². The normalized spacial score (nSPS) is 16.2. The third-order valence-electron chi connectivity index (χ3n) is 3.72. The Labute approximate surface area is 116 Å². The summed E-state index contributed by atoms with van der Waals surface area (Å²) in [7, 11) is 0. The maximum atomic E-state index is 4.56. The van der Waals surface area contributed by atoms with E-state index in [1.165, 1.54) is 31.2 Å². The van der Waals surface area contributed by atoms with Crippen molar-refractivity contribution >= 4 is 11.6 Å². The molecule has 1 saturated heterocycles. The number of hydrogen-bond acceptors (Lipinski definition) is 4. The van der Waals surface area contributed by atoms with Gasteiger partial charge in [0, 0.05) is 25.2 Å². The number of hydrogen-bond donors (Lipinski definition) is 1. The lowest BCUT2D eigenvalue weighted by Gasteiger charge is -2.24. The Bertz CT molecular complexity index is 384. The molecule has 1 aliphatic rings. The molecule has 0 aliphatic carbocycles. The zero-order valence-corrected chi connectivity index (χ0v) is 12.3. The topological polar surface area (TPSA) is 41.1 Å². The van der Waals surface area contributed by atoms with Crippen LogP contribution < -0.4 is 10.2 Å². The van der Waals surface area contributed by atoms with Crippen molar-refractivity contribution in [2.75, 3.05) is 29.9 Å². The highest BCUT2D eigenvalue weighted by Gasteiger charge is 2.17. The molecule has 0 unspecified atom stereocenters. The van der Waals surface area contributed by atoms with Crippen molar-refractivity contribution in [2.45, 2.75) is 52.4 Å². The maximum Gasteiger partial charge on any atom is 0.137 e. The maximum absolute atomic E-state index is 4.56. The summed E-state index contributed by atoms with van der Waals surface area (Å²) in [5, 5.41) is 3.43. The highest BCUT2D eigenvalue weighted by atomic mass is 15.2. The first-order chi connectivity index (χ1) is 9.36. The molecule has 2 heterocycles. The van der Waals surface area contributed by atoms with Gasteiger partial charge in [0.2, 0.25) is 0 Å². The van der Waals surface area contributed by atoms with Gasteiger partial charge in [-0.1, -0.05) is 26.7 Å². The summed E-state index contributed by atoms with van der Waals surface area (Å²) in [6.45, 7) is 7.62. The highest BCUT2D eigenvalue weighted by molar-refractivity contribution is 5.58. The van der Waals surface area contributed by atoms with Crippen LogP contribution in [0.2, 0.25) is 0 Å². The Hall–Kier alpha value is -1.32. The molecule has 4 heteroatoms. The molecule has 0 aromatic carbocycles. The van der Waals surface area contributed by atoms with E-state index >= 15 is 0 Å². The largest absolute Gasteiger partial charge is 0.370 e. The fourth-order valence-electron chi connectivity index (χ4n) is 2.68. The Kier molecular flexibility index (Phi) is 5.43. The van der Waals surface area contributed by atoms with Gasteiger partial charge >= 0.3 is 0 Å². The van der Waals surface area contributed by atoms with Crippen LogP contribution in [0.5, 0.6) is 0 Å². The molecule has 0 atom stereocenters. The van der Waals surface area contributed by atoms with E-state index < -0.39 is 0 Å². The van der Waals surface area contributed by atoms with Gasteiger partial charge in [0.1, 0.15) is 18.0 Å². The summed E-state index contributed by atoms with van der Waals surface area (Å²) in [6, 6.07) is 0. The first-order valence-corrected chi connectivity index (χ1v) is 7.69. The number of nitrogens with one attached hydrogen (secondary N) is 1. The minimum atomic E-state index is 0.976. The fourth-order valence-corrected chi connectivity index (χ4v) is 2.68. The van der Waals surface area contributed by atoms with E-state index in [0.717, 1.165) is 44.1 Å². The molecule has 2 rings (SSSR count). The standard InChI is InChI=1S/C15H26N4/c1-3-9-16-14-13(4-2)15(18-12-17-14)19-10-7-5-6-8-11-19/h12H,3-11H2,1-2H3,(H,16,17,18). The Morgan fingerprint density at radius 1 is 1.11 bits per heavy atom. The van der Waals surface area contributed by atoms with Crippen LogP contribution in [-0.2, 0) is 6.42 Å². The van der Waals surface area contributed by atoms with E-state index in [4.69, 9.17) is 0 Å². The summed E-state index contributed by atoms with van der Waals surface area (Å²) >= 11 is 0. The summed E-state index contributed by atoms with van der Waals surface area (Å²) in [5.41, 5.74) is 1.28. The smallest absolute Gasteiger partial charge is 0.137 e. The van der Waals surface area contributed by atoms with Crippen molar-refractivity contribution in [1.29, 1.82) is 0 Å². The molecular formula is C15H26N4. The molecule has 0 spiro atoms. The quantitative estimate of drug-likeness (QED) is 0.884. The molecule has 1 fully saturated rings. The molecule has 1 aromatic heterocycles. The van der Waals surface area contributed by atoms with E-state index in [2.05, 4.69) is 34.0 Å². The van der Waals surface area contributed by atoms with Gasteiger partial charge in [0.15, 0.2) is 0 Å². The minimum absolute atomic E-state index is 0.976. The first-order valence-electron chi connectivity index (χ1n) is 7.69. The van der Waals surface area contributed by atoms with Crippen LogP contribution in [0.1, 0.15) is 51.5 Å². The molecule has 19 heavy (non-hydrogen) atoms. The van der Waals surface area contributed by atoms with Crippen LogP contribution in [-0.4, -0.2) is 29.6 Å². The van der Waals surface area contributed by atoms with Crippen LogP contribution in [0, 0.1) is 0 Å². The number of rotatable bonds is 5. The van der Waals surface area contributed by atoms with Crippen LogP contribution >= 0.6 is 0 Å². The minimum Gasteiger partial charge on any atom is -0.370 e. The second-order valence-corrected chi connectivity index (χ2v) is 5.21. The Balaban J connectivity index is 2.22. The molecule has 0 amide bonds. The third-order valence-corrected chi connectivity index (χ3v) is 3.72. The van der Waals surface area contributed by atoms with Gasteiger partial charge in [-0.2, -0.15) is 0 Å². The van der Waals surface area contributed by atoms with E-state index in [9.17, 15) is 0 Å². The van der Waals surface area contributed by atoms with Gasteiger partial charge < -0.3 is 10.2 Å². The molecule has 4 nitrogen and oxygen atoms in total. The van der Waals surface area contributed by atoms with E-state index in [0.29, 0.717) is 0 Å². The fraction of sp³-hybridized carbons (Fsp3) is 0.733. The lowest BCUT2D eigenvalue weighted by Crippen LogP contribution is -2.26. The lowest BCUT2D eigenvalue weighted by atomic mass is 10.2. The van der Waals surface area contributed by atoms with E-state index in [1.807, 2.05) is 0 Å². The van der Waals surface area contributed by atoms with Gasteiger partial charge in [-0.3, -0.25) is 0 Å². The average molecular weight is 262 g/mol. The van der Waals surface area contributed by atoms with Crippen LogP contribution in [0.3, 0.4) is 0 Å². The van der Waals surface area contributed by atoms with Crippen molar-refractivity contribution in [3.05, 3.63) is 11.9 Å². The Morgan fingerprint density at radius 2 is 1.84 bits per heavy atom. The van der Waals surface area contributed by atoms with Gasteiger partial charge in [0.05, 0.1) is 0 Å². The van der Waals surface area contributed by atoms with Gasteiger partial charge in [0.25, 0.3) is 0 Å². The highest BCUT2D eigenvalue weighted by Crippen LogP contribution is 2.26. The van der Waals surface area contributed by atoms with Crippen molar-refractivity contribution in [3.63, 3.8) is 0 Å². The molecule has 0 bridgehead atoms. The third kappa shape index (κ3) is 3.58. The molecule has 106 valence electrons. The van der Waals surface area contributed by atoms with Crippen LogP contribution in [0.25, 0.3) is 0 Å². The monoisotopic (exact) mass is 262 g/mol. The van der Waals surface area contributed by atoms with Gasteiger partial charge in [-0.15, -0.1) is 0 Å². The molecule has 1 aromatic rings. The molecule has 0 saturated carbocycles. The molecule has 1 N–H and O–H groups in total. The predicted octanol–water partition coefficient (Wildman–Crippen LogP) is 3.24. The van der Waals surface area contributed by atoms with Crippen LogP contribution in [0.15, 0.2) is 6.33 Å². The van der Waals surface area contributed by atoms with Crippen LogP contribution in [0.4, 0.5) is 11.6 Å². The SMILES string of the molecule is CCCNc1ncnc(N2CCCCCC2)c1CC. The van der Waals surface area contributed by atoms with Crippen molar-refractivity contribution in [3.8, 4) is 0 Å². The number of anilines is 2. The predicted molar refractivity (Wildman–Crippen MR) is 80.9 cm³/mol. The molecule has 0 radical (unpaired) electrons. The van der Waals surface area contributed by atoms with E-state index in [1.54, 1.807) is 6.33 Å². The summed E-state index contributed by atoms with van der Waals surface area (Å²) in [4.78, 5) is 11.4. The van der Waals surface area contributed by atoms with E-state index in [-0.39, 0.29) is 0 Å². The van der Waals surface area contributed by atoms with Crippen molar-refractivity contribution in [1.82, 2.24) is 9.97 Å². The van der Waals surface area contributed by atoms with Crippen molar-refractivity contribution < 1.29 is 0 Å². The summed E-state index contributed by atoms with van der Waals surface area (Å²) < 4.78 is 0. The molecule has 1 aliphatic heterocycles. The number of aromatic nitrogens is 2. The zero-order valence-electron chi connectivity index (χ0n) is 12.3.